The Morgan fingerprint density at radius 3 is 2.71 bits per heavy atom. The smallest absolute Gasteiger partial charge is 0.351 e. The normalized spacial score (nSPS) is 16.6. The standard InChI is InChI=1S/C13H15BrF3N3O/c1-3-6-18-12(21)7(2)20-10(8-4-5-8)9(14)11(19-20)13(15,16)17/h3,7-8H,1,4-6H2,2H3,(H,18,21). The van der Waals surface area contributed by atoms with E-state index >= 15 is 0 Å². The molecule has 1 heterocycles. The molecule has 8 heteroatoms. The molecule has 0 saturated heterocycles. The molecule has 0 bridgehead atoms. The molecule has 1 aromatic rings. The Kier molecular flexibility index (Phi) is 4.46. The molecule has 1 unspecified atom stereocenters. The summed E-state index contributed by atoms with van der Waals surface area (Å²) in [5.74, 6) is -0.363. The molecule has 0 aromatic carbocycles. The van der Waals surface area contributed by atoms with Crippen molar-refractivity contribution in [3.8, 4) is 0 Å². The Morgan fingerprint density at radius 2 is 2.24 bits per heavy atom. The zero-order chi connectivity index (χ0) is 15.8. The summed E-state index contributed by atoms with van der Waals surface area (Å²) < 4.78 is 40.0. The second-order valence-corrected chi connectivity index (χ2v) is 5.77. The van der Waals surface area contributed by atoms with Gasteiger partial charge in [-0.1, -0.05) is 6.08 Å². The van der Waals surface area contributed by atoms with E-state index in [1.807, 2.05) is 0 Å². The Morgan fingerprint density at radius 1 is 1.62 bits per heavy atom. The lowest BCUT2D eigenvalue weighted by atomic mass is 10.2. The van der Waals surface area contributed by atoms with Crippen LogP contribution in [0.25, 0.3) is 0 Å². The molecule has 4 nitrogen and oxygen atoms in total. The highest BCUT2D eigenvalue weighted by molar-refractivity contribution is 9.10. The number of amides is 1. The molecule has 2 rings (SSSR count). The first-order chi connectivity index (χ1) is 9.77. The van der Waals surface area contributed by atoms with Gasteiger partial charge in [-0.2, -0.15) is 18.3 Å². The minimum Gasteiger partial charge on any atom is -0.351 e. The highest BCUT2D eigenvalue weighted by Gasteiger charge is 2.42. The molecule has 116 valence electrons. The fraction of sp³-hybridized carbons (Fsp3) is 0.538. The summed E-state index contributed by atoms with van der Waals surface area (Å²) in [5.41, 5.74) is -0.531. The first kappa shape index (κ1) is 16.1. The molecule has 1 fully saturated rings. The summed E-state index contributed by atoms with van der Waals surface area (Å²) in [6, 6.07) is -0.812. The fourth-order valence-corrected chi connectivity index (χ4v) is 2.87. The maximum absolute atomic E-state index is 13.0. The Labute approximate surface area is 128 Å². The van der Waals surface area contributed by atoms with Crippen molar-refractivity contribution in [1.29, 1.82) is 0 Å². The van der Waals surface area contributed by atoms with E-state index in [1.54, 1.807) is 0 Å². The van der Waals surface area contributed by atoms with Crippen molar-refractivity contribution in [1.82, 2.24) is 15.1 Å². The number of aromatic nitrogens is 2. The van der Waals surface area contributed by atoms with E-state index in [0.29, 0.717) is 5.69 Å². The van der Waals surface area contributed by atoms with E-state index in [-0.39, 0.29) is 22.8 Å². The molecule has 0 radical (unpaired) electrons. The lowest BCUT2D eigenvalue weighted by Crippen LogP contribution is -2.32. The van der Waals surface area contributed by atoms with Gasteiger partial charge in [0.15, 0.2) is 5.69 Å². The highest BCUT2D eigenvalue weighted by atomic mass is 79.9. The zero-order valence-corrected chi connectivity index (χ0v) is 13.0. The largest absolute Gasteiger partial charge is 0.436 e. The number of nitrogens with zero attached hydrogens (tertiary/aromatic N) is 2. The van der Waals surface area contributed by atoms with E-state index in [2.05, 4.69) is 32.9 Å². The lowest BCUT2D eigenvalue weighted by molar-refractivity contribution is -0.142. The number of rotatable bonds is 5. The van der Waals surface area contributed by atoms with Gasteiger partial charge in [-0.25, -0.2) is 0 Å². The molecule has 0 aliphatic heterocycles. The van der Waals surface area contributed by atoms with Crippen LogP contribution in [-0.2, 0) is 11.0 Å². The monoisotopic (exact) mass is 365 g/mol. The Bertz CT molecular complexity index is 564. The van der Waals surface area contributed by atoms with Crippen molar-refractivity contribution in [2.45, 2.75) is 37.9 Å². The number of hydrogen-bond donors (Lipinski definition) is 1. The van der Waals surface area contributed by atoms with Crippen LogP contribution in [0.1, 0.15) is 43.1 Å². The number of carbonyl (C=O) groups excluding carboxylic acids is 1. The average Bonchev–Trinajstić information content (AvgIpc) is 3.17. The minimum absolute atomic E-state index is 0.0256. The predicted octanol–water partition coefficient (Wildman–Crippen LogP) is 3.41. The van der Waals surface area contributed by atoms with E-state index in [4.69, 9.17) is 0 Å². The van der Waals surface area contributed by atoms with E-state index in [1.165, 1.54) is 17.7 Å². The number of carbonyl (C=O) groups is 1. The third kappa shape index (κ3) is 3.30. The first-order valence-corrected chi connectivity index (χ1v) is 7.30. The topological polar surface area (TPSA) is 46.9 Å². The summed E-state index contributed by atoms with van der Waals surface area (Å²) in [5, 5.41) is 6.20. The average molecular weight is 366 g/mol. The number of hydrogen-bond acceptors (Lipinski definition) is 2. The zero-order valence-electron chi connectivity index (χ0n) is 11.4. The van der Waals surface area contributed by atoms with Crippen molar-refractivity contribution in [2.75, 3.05) is 6.54 Å². The third-order valence-electron chi connectivity index (χ3n) is 3.29. The van der Waals surface area contributed by atoms with Gasteiger partial charge in [0.25, 0.3) is 0 Å². The molecule has 1 atom stereocenters. The highest BCUT2D eigenvalue weighted by Crippen LogP contribution is 2.47. The van der Waals surface area contributed by atoms with Crippen molar-refractivity contribution in [3.05, 3.63) is 28.5 Å². The summed E-state index contributed by atoms with van der Waals surface area (Å²) in [7, 11) is 0. The van der Waals surface area contributed by atoms with E-state index < -0.39 is 17.9 Å². The van der Waals surface area contributed by atoms with Crippen LogP contribution >= 0.6 is 15.9 Å². The predicted molar refractivity (Wildman–Crippen MR) is 74.8 cm³/mol. The van der Waals surface area contributed by atoms with E-state index in [9.17, 15) is 18.0 Å². The molecular formula is C13H15BrF3N3O. The van der Waals surface area contributed by atoms with Gasteiger partial charge in [0.05, 0.1) is 10.2 Å². The number of halogens is 4. The summed E-state index contributed by atoms with van der Waals surface area (Å²) in [6.45, 7) is 5.27. The van der Waals surface area contributed by atoms with Gasteiger partial charge in [-0.3, -0.25) is 9.48 Å². The van der Waals surface area contributed by atoms with E-state index in [0.717, 1.165) is 12.8 Å². The summed E-state index contributed by atoms with van der Waals surface area (Å²) in [4.78, 5) is 12.0. The summed E-state index contributed by atoms with van der Waals surface area (Å²) in [6.07, 6.45) is -1.43. The van der Waals surface area contributed by atoms with Gasteiger partial charge in [-0.05, 0) is 35.7 Å². The van der Waals surface area contributed by atoms with Gasteiger partial charge in [0.2, 0.25) is 5.91 Å². The van der Waals surface area contributed by atoms with Crippen LogP contribution in [0.5, 0.6) is 0 Å². The van der Waals surface area contributed by atoms with Gasteiger partial charge in [0, 0.05) is 12.5 Å². The molecule has 1 aliphatic carbocycles. The van der Waals surface area contributed by atoms with Crippen LogP contribution in [0.3, 0.4) is 0 Å². The van der Waals surface area contributed by atoms with Crippen LogP contribution in [0.4, 0.5) is 13.2 Å². The first-order valence-electron chi connectivity index (χ1n) is 6.51. The fourth-order valence-electron chi connectivity index (χ4n) is 2.06. The van der Waals surface area contributed by atoms with Crippen LogP contribution in [0, 0.1) is 0 Å². The second-order valence-electron chi connectivity index (χ2n) is 4.97. The molecule has 0 spiro atoms. The van der Waals surface area contributed by atoms with Crippen LogP contribution in [0.2, 0.25) is 0 Å². The molecule has 1 N–H and O–H groups in total. The van der Waals surface area contributed by atoms with Gasteiger partial charge < -0.3 is 5.32 Å². The Balaban J connectivity index is 2.38. The van der Waals surface area contributed by atoms with Crippen molar-refractivity contribution in [2.24, 2.45) is 0 Å². The van der Waals surface area contributed by atoms with Gasteiger partial charge in [-0.15, -0.1) is 6.58 Å². The Hall–Kier alpha value is -1.31. The maximum atomic E-state index is 13.0. The molecular weight excluding hydrogens is 351 g/mol. The lowest BCUT2D eigenvalue weighted by Gasteiger charge is -2.15. The SMILES string of the molecule is C=CCNC(=O)C(C)n1nc(C(F)(F)F)c(Br)c1C1CC1. The van der Waals surface area contributed by atoms with Gasteiger partial charge in [0.1, 0.15) is 6.04 Å². The second kappa shape index (κ2) is 5.82. The van der Waals surface area contributed by atoms with Crippen LogP contribution in [-0.4, -0.2) is 22.2 Å². The number of alkyl halides is 3. The minimum atomic E-state index is -4.55. The molecule has 1 aliphatic rings. The molecule has 1 saturated carbocycles. The number of nitrogens with one attached hydrogen (secondary N) is 1. The van der Waals surface area contributed by atoms with Crippen molar-refractivity contribution < 1.29 is 18.0 Å². The third-order valence-corrected chi connectivity index (χ3v) is 4.07. The molecule has 1 aromatic heterocycles. The quantitative estimate of drug-likeness (QED) is 0.812. The van der Waals surface area contributed by atoms with Gasteiger partial charge >= 0.3 is 6.18 Å². The molecule has 21 heavy (non-hydrogen) atoms. The van der Waals surface area contributed by atoms with Crippen molar-refractivity contribution >= 4 is 21.8 Å². The van der Waals surface area contributed by atoms with Crippen LogP contribution in [0.15, 0.2) is 17.1 Å². The maximum Gasteiger partial charge on any atom is 0.436 e. The molecule has 1 amide bonds. The van der Waals surface area contributed by atoms with Crippen LogP contribution < -0.4 is 5.32 Å². The van der Waals surface area contributed by atoms with Crippen molar-refractivity contribution in [3.63, 3.8) is 0 Å². The summed E-state index contributed by atoms with van der Waals surface area (Å²) >= 11 is 3.00.